The van der Waals surface area contributed by atoms with Crippen molar-refractivity contribution >= 4 is 7.85 Å². The monoisotopic (exact) mass is 195 g/mol. The quantitative estimate of drug-likeness (QED) is 0.663. The third kappa shape index (κ3) is 1.99. The van der Waals surface area contributed by atoms with E-state index in [-0.39, 0.29) is 0 Å². The summed E-state index contributed by atoms with van der Waals surface area (Å²) in [7, 11) is 4.57. The third-order valence-corrected chi connectivity index (χ3v) is 4.44. The maximum atomic E-state index is 8.99. The standard InChI is InChI=1S/C11H22BNO/c1-13-5-2-9(3-6-13)10-8-11(10,12)4-7-14/h9-10,14H,2-8,12H2,1H3. The molecule has 0 amide bonds. The molecule has 0 aromatic carbocycles. The Bertz CT molecular complexity index is 203. The van der Waals surface area contributed by atoms with Crippen molar-refractivity contribution in [1.82, 2.24) is 4.90 Å². The van der Waals surface area contributed by atoms with Crippen molar-refractivity contribution in [3.05, 3.63) is 0 Å². The van der Waals surface area contributed by atoms with E-state index in [1.807, 2.05) is 0 Å². The predicted octanol–water partition coefficient (Wildman–Crippen LogP) is 0.522. The molecule has 1 saturated carbocycles. The van der Waals surface area contributed by atoms with E-state index in [0.29, 0.717) is 11.9 Å². The van der Waals surface area contributed by atoms with Crippen molar-refractivity contribution in [3.63, 3.8) is 0 Å². The molecule has 80 valence electrons. The van der Waals surface area contributed by atoms with Crippen LogP contribution in [0.15, 0.2) is 0 Å². The van der Waals surface area contributed by atoms with Crippen LogP contribution in [-0.2, 0) is 0 Å². The number of nitrogens with zero attached hydrogens (tertiary/aromatic N) is 1. The summed E-state index contributed by atoms with van der Waals surface area (Å²) in [6.45, 7) is 2.92. The van der Waals surface area contributed by atoms with Gasteiger partial charge in [0.05, 0.1) is 0 Å². The molecule has 14 heavy (non-hydrogen) atoms. The van der Waals surface area contributed by atoms with Gasteiger partial charge in [-0.2, -0.15) is 0 Å². The van der Waals surface area contributed by atoms with E-state index < -0.39 is 0 Å². The average molecular weight is 195 g/mol. The number of hydrogen-bond donors (Lipinski definition) is 1. The van der Waals surface area contributed by atoms with Crippen LogP contribution in [-0.4, -0.2) is 44.6 Å². The first-order valence-corrected chi connectivity index (χ1v) is 5.95. The number of rotatable bonds is 3. The SMILES string of the molecule is BC1(CCO)CC1C1CCN(C)CC1. The van der Waals surface area contributed by atoms with Crippen LogP contribution in [0.2, 0.25) is 5.31 Å². The molecule has 2 aliphatic rings. The molecule has 2 unspecified atom stereocenters. The zero-order chi connectivity index (χ0) is 10.2. The summed E-state index contributed by atoms with van der Waals surface area (Å²) in [6.07, 6.45) is 5.14. The molecule has 0 spiro atoms. The van der Waals surface area contributed by atoms with Gasteiger partial charge in [0.1, 0.15) is 7.85 Å². The molecule has 1 heterocycles. The molecule has 2 rings (SSSR count). The number of piperidine rings is 1. The Morgan fingerprint density at radius 1 is 1.43 bits per heavy atom. The molecule has 2 nitrogen and oxygen atoms in total. The zero-order valence-corrected chi connectivity index (χ0v) is 9.50. The van der Waals surface area contributed by atoms with Gasteiger partial charge in [0, 0.05) is 6.61 Å². The van der Waals surface area contributed by atoms with Gasteiger partial charge in [-0.3, -0.25) is 0 Å². The van der Waals surface area contributed by atoms with Gasteiger partial charge in [-0.1, -0.05) is 11.7 Å². The smallest absolute Gasteiger partial charge is 0.109 e. The van der Waals surface area contributed by atoms with E-state index in [1.165, 1.54) is 32.4 Å². The average Bonchev–Trinajstić information content (AvgIpc) is 2.80. The van der Waals surface area contributed by atoms with Gasteiger partial charge in [-0.25, -0.2) is 0 Å². The lowest BCUT2D eigenvalue weighted by atomic mass is 9.74. The Kier molecular flexibility index (Phi) is 2.89. The molecule has 0 aromatic heterocycles. The van der Waals surface area contributed by atoms with Gasteiger partial charge in [0.15, 0.2) is 0 Å². The second kappa shape index (κ2) is 3.86. The largest absolute Gasteiger partial charge is 0.396 e. The molecule has 2 fully saturated rings. The predicted molar refractivity (Wildman–Crippen MR) is 61.3 cm³/mol. The summed E-state index contributed by atoms with van der Waals surface area (Å²) in [5.41, 5.74) is 0. The fraction of sp³-hybridized carbons (Fsp3) is 1.00. The van der Waals surface area contributed by atoms with Crippen molar-refractivity contribution in [2.24, 2.45) is 11.8 Å². The highest BCUT2D eigenvalue weighted by molar-refractivity contribution is 6.17. The molecule has 3 heteroatoms. The summed E-state index contributed by atoms with van der Waals surface area (Å²) in [5.74, 6) is 1.87. The Morgan fingerprint density at radius 2 is 2.07 bits per heavy atom. The first-order valence-electron chi connectivity index (χ1n) is 5.95. The number of aliphatic hydroxyl groups is 1. The van der Waals surface area contributed by atoms with Gasteiger partial charge in [-0.05, 0) is 51.2 Å². The number of hydrogen-bond acceptors (Lipinski definition) is 2. The maximum absolute atomic E-state index is 8.99. The molecule has 0 aromatic rings. The molecule has 1 aliphatic heterocycles. The second-order valence-electron chi connectivity index (χ2n) is 5.58. The van der Waals surface area contributed by atoms with Crippen molar-refractivity contribution < 1.29 is 5.11 Å². The maximum Gasteiger partial charge on any atom is 0.109 e. The molecular weight excluding hydrogens is 173 g/mol. The summed E-state index contributed by atoms with van der Waals surface area (Å²) in [4.78, 5) is 2.43. The minimum absolute atomic E-state index is 0.375. The molecule has 1 N–H and O–H groups in total. The van der Waals surface area contributed by atoms with Gasteiger partial charge in [-0.15, -0.1) is 0 Å². The van der Waals surface area contributed by atoms with Crippen molar-refractivity contribution in [3.8, 4) is 0 Å². The lowest BCUT2D eigenvalue weighted by molar-refractivity contribution is 0.196. The Labute approximate surface area is 88.1 Å². The topological polar surface area (TPSA) is 23.5 Å². The number of aliphatic hydroxyl groups excluding tert-OH is 1. The molecule has 1 saturated heterocycles. The Morgan fingerprint density at radius 3 is 2.64 bits per heavy atom. The van der Waals surface area contributed by atoms with Crippen LogP contribution in [0.5, 0.6) is 0 Å². The van der Waals surface area contributed by atoms with E-state index in [9.17, 15) is 0 Å². The van der Waals surface area contributed by atoms with Gasteiger partial charge in [0.2, 0.25) is 0 Å². The van der Waals surface area contributed by atoms with Crippen LogP contribution in [0, 0.1) is 11.8 Å². The molecule has 2 atom stereocenters. The zero-order valence-electron chi connectivity index (χ0n) is 9.50. The van der Waals surface area contributed by atoms with Crippen molar-refractivity contribution in [2.45, 2.75) is 31.0 Å². The van der Waals surface area contributed by atoms with Crippen LogP contribution in [0.1, 0.15) is 25.7 Å². The molecular formula is C11H22BNO. The summed E-state index contributed by atoms with van der Waals surface area (Å²) < 4.78 is 0. The first kappa shape index (κ1) is 10.5. The van der Waals surface area contributed by atoms with Gasteiger partial charge >= 0.3 is 0 Å². The lowest BCUT2D eigenvalue weighted by Gasteiger charge is -2.30. The van der Waals surface area contributed by atoms with Crippen LogP contribution < -0.4 is 0 Å². The van der Waals surface area contributed by atoms with Crippen molar-refractivity contribution in [2.75, 3.05) is 26.7 Å². The Hall–Kier alpha value is -0.0151. The summed E-state index contributed by atoms with van der Waals surface area (Å²) in [5, 5.41) is 9.49. The van der Waals surface area contributed by atoms with Crippen molar-refractivity contribution in [1.29, 1.82) is 0 Å². The van der Waals surface area contributed by atoms with Gasteiger partial charge in [0.25, 0.3) is 0 Å². The highest BCUT2D eigenvalue weighted by Gasteiger charge is 2.52. The minimum Gasteiger partial charge on any atom is -0.396 e. The van der Waals surface area contributed by atoms with E-state index in [1.54, 1.807) is 0 Å². The molecule has 1 aliphatic carbocycles. The number of likely N-dealkylation sites (tertiary alicyclic amines) is 1. The van der Waals surface area contributed by atoms with Crippen LogP contribution in [0.25, 0.3) is 0 Å². The Balaban J connectivity index is 1.81. The highest BCUT2D eigenvalue weighted by atomic mass is 16.3. The van der Waals surface area contributed by atoms with E-state index in [0.717, 1.165) is 18.3 Å². The lowest BCUT2D eigenvalue weighted by Crippen LogP contribution is -2.31. The fourth-order valence-corrected chi connectivity index (χ4v) is 3.15. The highest BCUT2D eigenvalue weighted by Crippen LogP contribution is 2.64. The fourth-order valence-electron chi connectivity index (χ4n) is 3.15. The van der Waals surface area contributed by atoms with Crippen LogP contribution in [0.3, 0.4) is 0 Å². The first-order chi connectivity index (χ1) is 6.65. The van der Waals surface area contributed by atoms with E-state index >= 15 is 0 Å². The molecule has 0 bridgehead atoms. The van der Waals surface area contributed by atoms with Gasteiger partial charge < -0.3 is 10.0 Å². The van der Waals surface area contributed by atoms with Crippen LogP contribution >= 0.6 is 0 Å². The second-order valence-corrected chi connectivity index (χ2v) is 5.58. The minimum atomic E-state index is 0.375. The molecule has 0 radical (unpaired) electrons. The normalized spacial score (nSPS) is 40.0. The van der Waals surface area contributed by atoms with E-state index in [2.05, 4.69) is 19.8 Å². The third-order valence-electron chi connectivity index (χ3n) is 4.44. The summed E-state index contributed by atoms with van der Waals surface area (Å²) in [6, 6.07) is 0. The van der Waals surface area contributed by atoms with Crippen LogP contribution in [0.4, 0.5) is 0 Å². The summed E-state index contributed by atoms with van der Waals surface area (Å²) >= 11 is 0. The van der Waals surface area contributed by atoms with E-state index in [4.69, 9.17) is 5.11 Å².